The number of aromatic nitrogens is 6. The summed E-state index contributed by atoms with van der Waals surface area (Å²) in [5.41, 5.74) is 3.42. The lowest BCUT2D eigenvalue weighted by atomic mass is 10.0. The van der Waals surface area contributed by atoms with E-state index in [1.165, 1.54) is 6.33 Å². The molecule has 0 aromatic carbocycles. The first-order valence-electron chi connectivity index (χ1n) is 10.8. The molecular weight excluding hydrogens is 408 g/mol. The minimum Gasteiger partial charge on any atom is -0.480 e. The fraction of sp³-hybridized carbons (Fsp3) is 0.409. The van der Waals surface area contributed by atoms with Crippen LogP contribution in [0.4, 0.5) is 5.95 Å². The average Bonchev–Trinajstić information content (AvgIpc) is 3.54. The number of pyridine rings is 1. The predicted molar refractivity (Wildman–Crippen MR) is 118 cm³/mol. The largest absolute Gasteiger partial charge is 0.480 e. The lowest BCUT2D eigenvalue weighted by molar-refractivity contribution is -0.128. The van der Waals surface area contributed by atoms with Gasteiger partial charge in [0.2, 0.25) is 17.7 Å². The summed E-state index contributed by atoms with van der Waals surface area (Å²) in [4.78, 5) is 30.6. The number of methoxy groups -OCH3 is 1. The minimum atomic E-state index is 0.174. The molecule has 0 bridgehead atoms. The summed E-state index contributed by atoms with van der Waals surface area (Å²) in [6.45, 7) is 3.37. The van der Waals surface area contributed by atoms with Gasteiger partial charge in [-0.3, -0.25) is 4.79 Å². The first kappa shape index (κ1) is 19.0. The van der Waals surface area contributed by atoms with E-state index in [9.17, 15) is 4.79 Å². The smallest absolute Gasteiger partial charge is 0.228 e. The van der Waals surface area contributed by atoms with Gasteiger partial charge in [0, 0.05) is 44.0 Å². The molecule has 6 rings (SSSR count). The van der Waals surface area contributed by atoms with Crippen LogP contribution in [0.2, 0.25) is 0 Å². The van der Waals surface area contributed by atoms with Gasteiger partial charge >= 0.3 is 0 Å². The van der Waals surface area contributed by atoms with Gasteiger partial charge in [-0.1, -0.05) is 0 Å². The molecule has 5 heterocycles. The van der Waals surface area contributed by atoms with Crippen molar-refractivity contribution in [1.82, 2.24) is 34.4 Å². The summed E-state index contributed by atoms with van der Waals surface area (Å²) >= 11 is 0. The van der Waals surface area contributed by atoms with Crippen molar-refractivity contribution in [2.24, 2.45) is 11.8 Å². The van der Waals surface area contributed by atoms with Crippen LogP contribution in [0.5, 0.6) is 5.88 Å². The Kier molecular flexibility index (Phi) is 4.27. The highest BCUT2D eigenvalue weighted by molar-refractivity contribution is 5.98. The van der Waals surface area contributed by atoms with Crippen LogP contribution in [0.15, 0.2) is 30.9 Å². The fourth-order valence-electron chi connectivity index (χ4n) is 5.28. The number of carbonyl (C=O) groups is 1. The minimum absolute atomic E-state index is 0.174. The molecule has 4 aromatic heterocycles. The number of H-pyrrole nitrogens is 1. The van der Waals surface area contributed by atoms with Crippen LogP contribution >= 0.6 is 0 Å². The summed E-state index contributed by atoms with van der Waals surface area (Å²) < 4.78 is 7.38. The second-order valence-corrected chi connectivity index (χ2v) is 8.72. The van der Waals surface area contributed by atoms with Crippen LogP contribution in [0.3, 0.4) is 0 Å². The van der Waals surface area contributed by atoms with Crippen molar-refractivity contribution >= 4 is 28.5 Å². The molecule has 2 fully saturated rings. The second kappa shape index (κ2) is 7.18. The third kappa shape index (κ3) is 3.05. The highest BCUT2D eigenvalue weighted by Gasteiger charge is 2.41. The maximum atomic E-state index is 11.7. The molecule has 0 radical (unpaired) electrons. The molecule has 3 atom stereocenters. The molecule has 0 spiro atoms. The number of hydrogen-bond donors (Lipinski definition) is 2. The van der Waals surface area contributed by atoms with E-state index in [0.29, 0.717) is 29.7 Å². The van der Waals surface area contributed by atoms with E-state index in [2.05, 4.69) is 25.4 Å². The zero-order valence-electron chi connectivity index (χ0n) is 17.9. The van der Waals surface area contributed by atoms with Gasteiger partial charge in [0.05, 0.1) is 12.5 Å². The van der Waals surface area contributed by atoms with E-state index in [-0.39, 0.29) is 5.91 Å². The Balaban J connectivity index is 1.27. The average molecular weight is 432 g/mol. The Bertz CT molecular complexity index is 1310. The summed E-state index contributed by atoms with van der Waals surface area (Å²) in [6, 6.07) is 4.26. The zero-order chi connectivity index (χ0) is 21.8. The third-order valence-corrected chi connectivity index (χ3v) is 6.81. The van der Waals surface area contributed by atoms with Crippen LogP contribution in [-0.2, 0) is 4.79 Å². The highest BCUT2D eigenvalue weighted by atomic mass is 16.5. The van der Waals surface area contributed by atoms with Crippen LogP contribution in [0, 0.1) is 11.8 Å². The Labute approximate surface area is 184 Å². The first-order valence-corrected chi connectivity index (χ1v) is 10.8. The molecule has 2 N–H and O–H groups in total. The molecule has 1 aliphatic carbocycles. The van der Waals surface area contributed by atoms with Crippen LogP contribution in [0.25, 0.3) is 27.8 Å². The lowest BCUT2D eigenvalue weighted by Gasteiger charge is -2.18. The number of anilines is 1. The lowest BCUT2D eigenvalue weighted by Crippen LogP contribution is -2.29. The molecule has 1 aliphatic heterocycles. The molecule has 4 aromatic rings. The summed E-state index contributed by atoms with van der Waals surface area (Å²) in [5.74, 6) is 2.35. The Hall–Kier alpha value is -3.69. The normalized spacial score (nSPS) is 22.6. The van der Waals surface area contributed by atoms with Crippen molar-refractivity contribution in [3.8, 4) is 17.0 Å². The predicted octanol–water partition coefficient (Wildman–Crippen LogP) is 2.34. The Morgan fingerprint density at radius 3 is 2.81 bits per heavy atom. The van der Waals surface area contributed by atoms with E-state index >= 15 is 0 Å². The number of aromatic amines is 1. The van der Waals surface area contributed by atoms with Gasteiger partial charge in [0.15, 0.2) is 5.65 Å². The SMILES string of the molecule is COc1nc(N[C@@H]2C[C@@H]3CN(C(C)=O)C[C@@H]3C2)nc2[nH]cc(-c3ccn4ncnc4c3)c12. The van der Waals surface area contributed by atoms with E-state index < -0.39 is 0 Å². The molecule has 10 nitrogen and oxygen atoms in total. The molecule has 1 amide bonds. The number of likely N-dealkylation sites (tertiary alicyclic amines) is 1. The van der Waals surface area contributed by atoms with E-state index in [0.717, 1.165) is 53.7 Å². The second-order valence-electron chi connectivity index (χ2n) is 8.72. The number of rotatable bonds is 4. The van der Waals surface area contributed by atoms with Gasteiger partial charge in [0.1, 0.15) is 12.0 Å². The van der Waals surface area contributed by atoms with Crippen LogP contribution in [0.1, 0.15) is 19.8 Å². The number of ether oxygens (including phenoxy) is 1. The standard InChI is InChI=1S/C22H24N8O2/c1-12(31)29-9-14-5-16(6-15(14)10-29)26-22-27-20-19(21(28-22)32-2)17(8-23-20)13-3-4-30-18(7-13)24-11-25-30/h3-4,7-8,11,14-16H,5-6,9-10H2,1-2H3,(H2,23,26,27,28)/t14-,15+,16-. The molecule has 2 aliphatic rings. The van der Waals surface area contributed by atoms with Gasteiger partial charge in [0.25, 0.3) is 0 Å². The van der Waals surface area contributed by atoms with E-state index in [4.69, 9.17) is 9.72 Å². The van der Waals surface area contributed by atoms with Crippen molar-refractivity contribution in [2.45, 2.75) is 25.8 Å². The van der Waals surface area contributed by atoms with Crippen molar-refractivity contribution < 1.29 is 9.53 Å². The van der Waals surface area contributed by atoms with Crippen molar-refractivity contribution in [1.29, 1.82) is 0 Å². The van der Waals surface area contributed by atoms with Crippen molar-refractivity contribution in [3.63, 3.8) is 0 Å². The fourth-order valence-corrected chi connectivity index (χ4v) is 5.28. The van der Waals surface area contributed by atoms with Gasteiger partial charge in [-0.2, -0.15) is 15.1 Å². The van der Waals surface area contributed by atoms with Crippen molar-refractivity contribution in [2.75, 3.05) is 25.5 Å². The van der Waals surface area contributed by atoms with E-state index in [1.54, 1.807) is 18.5 Å². The monoisotopic (exact) mass is 432 g/mol. The molecule has 32 heavy (non-hydrogen) atoms. The maximum Gasteiger partial charge on any atom is 0.228 e. The number of nitrogens with one attached hydrogen (secondary N) is 2. The van der Waals surface area contributed by atoms with Gasteiger partial charge in [-0.15, -0.1) is 0 Å². The number of nitrogens with zero attached hydrogens (tertiary/aromatic N) is 6. The van der Waals surface area contributed by atoms with Gasteiger partial charge in [-0.25, -0.2) is 9.50 Å². The zero-order valence-corrected chi connectivity index (χ0v) is 17.9. The van der Waals surface area contributed by atoms with Gasteiger partial charge < -0.3 is 19.9 Å². The maximum absolute atomic E-state index is 11.7. The Morgan fingerprint density at radius 1 is 1.25 bits per heavy atom. The van der Waals surface area contributed by atoms with Crippen molar-refractivity contribution in [3.05, 3.63) is 30.9 Å². The number of amides is 1. The van der Waals surface area contributed by atoms with Gasteiger partial charge in [-0.05, 0) is 42.4 Å². The highest BCUT2D eigenvalue weighted by Crippen LogP contribution is 2.40. The molecule has 1 saturated carbocycles. The molecule has 1 saturated heterocycles. The first-order chi connectivity index (χ1) is 15.6. The van der Waals surface area contributed by atoms with E-state index in [1.807, 2.05) is 29.4 Å². The molecular formula is C22H24N8O2. The molecule has 10 heteroatoms. The third-order valence-electron chi connectivity index (χ3n) is 6.81. The topological polar surface area (TPSA) is 113 Å². The number of fused-ring (bicyclic) bond motifs is 3. The number of carbonyl (C=O) groups excluding carboxylic acids is 1. The molecule has 164 valence electrons. The number of hydrogen-bond acceptors (Lipinski definition) is 7. The quantitative estimate of drug-likeness (QED) is 0.509. The Morgan fingerprint density at radius 2 is 2.06 bits per heavy atom. The van der Waals surface area contributed by atoms with Crippen LogP contribution < -0.4 is 10.1 Å². The summed E-state index contributed by atoms with van der Waals surface area (Å²) in [7, 11) is 1.63. The summed E-state index contributed by atoms with van der Waals surface area (Å²) in [6.07, 6.45) is 7.37. The molecule has 0 unspecified atom stereocenters. The summed E-state index contributed by atoms with van der Waals surface area (Å²) in [5, 5.41) is 8.49. The van der Waals surface area contributed by atoms with Crippen LogP contribution in [-0.4, -0.2) is 66.6 Å².